The first kappa shape index (κ1) is 21.2. The van der Waals surface area contributed by atoms with E-state index in [-0.39, 0.29) is 30.4 Å². The normalized spacial score (nSPS) is 13.3. The summed E-state index contributed by atoms with van der Waals surface area (Å²) >= 11 is 0. The molecule has 0 saturated carbocycles. The number of hydrogen-bond acceptors (Lipinski definition) is 4. The molecule has 0 aliphatic heterocycles. The Morgan fingerprint density at radius 3 is 2.36 bits per heavy atom. The van der Waals surface area contributed by atoms with Crippen LogP contribution in [0.3, 0.4) is 0 Å². The fourth-order valence-electron chi connectivity index (χ4n) is 1.68. The summed E-state index contributed by atoms with van der Waals surface area (Å²) < 4.78 is 62.8. The van der Waals surface area contributed by atoms with Crippen molar-refractivity contribution in [2.24, 2.45) is 11.1 Å². The van der Waals surface area contributed by atoms with E-state index in [1.54, 1.807) is 13.8 Å². The molecule has 0 amide bonds. The number of nitrogens with zero attached hydrogens (tertiary/aromatic N) is 3. The molecule has 1 rings (SSSR count). The zero-order valence-corrected chi connectivity index (χ0v) is 14.1. The molecule has 0 radical (unpaired) electrons. The molecule has 0 aromatic carbocycles. The number of hydrogen-bond donors (Lipinski definition) is 1. The maximum Gasteiger partial charge on any atom is 0.408 e. The van der Waals surface area contributed by atoms with Gasteiger partial charge in [-0.2, -0.15) is 18.3 Å². The molecule has 22 heavy (non-hydrogen) atoms. The average Bonchev–Trinajstić information content (AvgIpc) is 2.75. The molecule has 2 N–H and O–H groups in total. The first-order chi connectivity index (χ1) is 9.37. The summed E-state index contributed by atoms with van der Waals surface area (Å²) in [5, 5.41) is 3.43. The molecule has 0 saturated heterocycles. The van der Waals surface area contributed by atoms with Gasteiger partial charge >= 0.3 is 6.18 Å². The monoisotopic (exact) mass is 364 g/mol. The van der Waals surface area contributed by atoms with Gasteiger partial charge in [0.25, 0.3) is 0 Å². The highest BCUT2D eigenvalue weighted by Gasteiger charge is 2.31. The average molecular weight is 365 g/mol. The number of aromatic nitrogens is 2. The lowest BCUT2D eigenvalue weighted by Gasteiger charge is -2.28. The van der Waals surface area contributed by atoms with E-state index in [0.717, 1.165) is 16.7 Å². The third-order valence-electron chi connectivity index (χ3n) is 2.86. The highest BCUT2D eigenvalue weighted by Crippen LogP contribution is 2.22. The lowest BCUT2D eigenvalue weighted by Crippen LogP contribution is -2.39. The summed E-state index contributed by atoms with van der Waals surface area (Å²) in [5.41, 5.74) is 5.11. The minimum Gasteiger partial charge on any atom is -0.330 e. The van der Waals surface area contributed by atoms with Gasteiger partial charge in [0.15, 0.2) is 0 Å². The molecule has 11 heteroatoms. The van der Waals surface area contributed by atoms with Crippen LogP contribution < -0.4 is 5.73 Å². The summed E-state index contributed by atoms with van der Waals surface area (Å²) in [6.45, 7) is 2.69. The van der Waals surface area contributed by atoms with Crippen molar-refractivity contribution < 1.29 is 21.6 Å². The predicted molar refractivity (Wildman–Crippen MR) is 78.2 cm³/mol. The Morgan fingerprint density at radius 1 is 1.36 bits per heavy atom. The second kappa shape index (κ2) is 7.16. The van der Waals surface area contributed by atoms with E-state index in [2.05, 4.69) is 5.10 Å². The molecule has 1 aromatic heterocycles. The van der Waals surface area contributed by atoms with Crippen LogP contribution in [-0.2, 0) is 16.6 Å². The minimum absolute atomic E-state index is 0. The standard InChI is InChI=1S/C11H19F3N4O2S.ClH/c1-10(2,6-15)7-17(3)21(19,20)9-4-16-18(5-9)8-11(12,13)14;/h4-5H,6-8,15H2,1-3H3;1H. The van der Waals surface area contributed by atoms with Crippen LogP contribution in [0.5, 0.6) is 0 Å². The highest BCUT2D eigenvalue weighted by molar-refractivity contribution is 7.89. The molecule has 0 aliphatic carbocycles. The Morgan fingerprint density at radius 2 is 1.91 bits per heavy atom. The molecule has 130 valence electrons. The van der Waals surface area contributed by atoms with Gasteiger partial charge in [-0.05, 0) is 12.0 Å². The van der Waals surface area contributed by atoms with Crippen LogP contribution in [0, 0.1) is 5.41 Å². The van der Waals surface area contributed by atoms with Crippen LogP contribution in [0.2, 0.25) is 0 Å². The second-order valence-corrected chi connectivity index (χ2v) is 7.66. The van der Waals surface area contributed by atoms with Crippen molar-refractivity contribution in [2.45, 2.75) is 31.5 Å². The summed E-state index contributed by atoms with van der Waals surface area (Å²) in [6, 6.07) is 0. The molecular weight excluding hydrogens is 345 g/mol. The van der Waals surface area contributed by atoms with Crippen LogP contribution in [0.15, 0.2) is 17.3 Å². The minimum atomic E-state index is -4.46. The van der Waals surface area contributed by atoms with Crippen LogP contribution in [-0.4, -0.2) is 48.8 Å². The molecule has 0 spiro atoms. The van der Waals surface area contributed by atoms with Gasteiger partial charge in [0.2, 0.25) is 10.0 Å². The van der Waals surface area contributed by atoms with Crippen molar-refractivity contribution >= 4 is 22.4 Å². The molecule has 0 atom stereocenters. The summed E-state index contributed by atoms with van der Waals surface area (Å²) in [4.78, 5) is -0.276. The Balaban J connectivity index is 0.00000441. The number of sulfonamides is 1. The van der Waals surface area contributed by atoms with E-state index < -0.39 is 28.2 Å². The van der Waals surface area contributed by atoms with Crippen molar-refractivity contribution in [3.63, 3.8) is 0 Å². The summed E-state index contributed by atoms with van der Waals surface area (Å²) in [7, 11) is -2.53. The van der Waals surface area contributed by atoms with Gasteiger partial charge in [0.05, 0.1) is 6.20 Å². The van der Waals surface area contributed by atoms with Crippen LogP contribution in [0.4, 0.5) is 13.2 Å². The zero-order chi connectivity index (χ0) is 16.5. The van der Waals surface area contributed by atoms with Gasteiger partial charge < -0.3 is 5.73 Å². The molecule has 0 aliphatic rings. The van der Waals surface area contributed by atoms with E-state index >= 15 is 0 Å². The maximum absolute atomic E-state index is 12.3. The topological polar surface area (TPSA) is 81.2 Å². The highest BCUT2D eigenvalue weighted by atomic mass is 35.5. The number of rotatable bonds is 6. The van der Waals surface area contributed by atoms with Crippen molar-refractivity contribution in [3.8, 4) is 0 Å². The van der Waals surface area contributed by atoms with Gasteiger partial charge in [-0.25, -0.2) is 12.7 Å². The molecule has 1 heterocycles. The van der Waals surface area contributed by atoms with Gasteiger partial charge in [0.1, 0.15) is 11.4 Å². The summed E-state index contributed by atoms with van der Waals surface area (Å²) in [5.74, 6) is 0. The van der Waals surface area contributed by atoms with Crippen molar-refractivity contribution in [1.82, 2.24) is 14.1 Å². The molecule has 0 unspecified atom stereocenters. The Bertz CT molecular complexity index is 586. The Labute approximate surface area is 133 Å². The van der Waals surface area contributed by atoms with E-state index in [1.807, 2.05) is 0 Å². The number of nitrogens with two attached hydrogens (primary N) is 1. The predicted octanol–water partition coefficient (Wildman–Crippen LogP) is 1.47. The lowest BCUT2D eigenvalue weighted by atomic mass is 9.94. The number of halogens is 4. The molecule has 6 nitrogen and oxygen atoms in total. The van der Waals surface area contributed by atoms with E-state index in [9.17, 15) is 21.6 Å². The van der Waals surface area contributed by atoms with E-state index in [4.69, 9.17) is 5.73 Å². The van der Waals surface area contributed by atoms with Crippen LogP contribution in [0.25, 0.3) is 0 Å². The Kier molecular flexibility index (Phi) is 6.88. The van der Waals surface area contributed by atoms with E-state index in [1.165, 1.54) is 7.05 Å². The van der Waals surface area contributed by atoms with E-state index in [0.29, 0.717) is 4.68 Å². The Hall–Kier alpha value is -0.840. The van der Waals surface area contributed by atoms with Gasteiger partial charge in [-0.3, -0.25) is 4.68 Å². The molecule has 0 fully saturated rings. The van der Waals surface area contributed by atoms with Gasteiger partial charge in [-0.15, -0.1) is 12.4 Å². The van der Waals surface area contributed by atoms with Crippen LogP contribution >= 0.6 is 12.4 Å². The largest absolute Gasteiger partial charge is 0.408 e. The molecule has 1 aromatic rings. The lowest BCUT2D eigenvalue weighted by molar-refractivity contribution is -0.142. The zero-order valence-electron chi connectivity index (χ0n) is 12.5. The first-order valence-electron chi connectivity index (χ1n) is 6.13. The fraction of sp³-hybridized carbons (Fsp3) is 0.727. The second-order valence-electron chi connectivity index (χ2n) is 5.62. The third kappa shape index (κ3) is 5.75. The fourth-order valence-corrected chi connectivity index (χ4v) is 2.99. The first-order valence-corrected chi connectivity index (χ1v) is 7.57. The maximum atomic E-state index is 12.3. The van der Waals surface area contributed by atoms with Crippen LogP contribution in [0.1, 0.15) is 13.8 Å². The number of alkyl halides is 3. The summed E-state index contributed by atoms with van der Waals surface area (Å²) in [6.07, 6.45) is -2.68. The third-order valence-corrected chi connectivity index (χ3v) is 4.62. The quantitative estimate of drug-likeness (QED) is 0.828. The molecular formula is C11H20ClF3N4O2S. The van der Waals surface area contributed by atoms with Crippen molar-refractivity contribution in [1.29, 1.82) is 0 Å². The molecule has 0 bridgehead atoms. The van der Waals surface area contributed by atoms with Gasteiger partial charge in [-0.1, -0.05) is 13.8 Å². The SMILES string of the molecule is CN(CC(C)(C)CN)S(=O)(=O)c1cnn(CC(F)(F)F)c1.Cl. The smallest absolute Gasteiger partial charge is 0.330 e. The van der Waals surface area contributed by atoms with Gasteiger partial charge in [0, 0.05) is 19.8 Å². The van der Waals surface area contributed by atoms with Crippen molar-refractivity contribution in [2.75, 3.05) is 20.1 Å². The van der Waals surface area contributed by atoms with Crippen molar-refractivity contribution in [3.05, 3.63) is 12.4 Å².